The third-order valence-electron chi connectivity index (χ3n) is 7.20. The van der Waals surface area contributed by atoms with E-state index in [4.69, 9.17) is 0 Å². The molecule has 0 amide bonds. The second-order valence-corrected chi connectivity index (χ2v) is 12.8. The number of hydrogen-bond acceptors (Lipinski definition) is 1. The zero-order valence-electron chi connectivity index (χ0n) is 15.2. The van der Waals surface area contributed by atoms with E-state index in [-0.39, 0.29) is 0 Å². The van der Waals surface area contributed by atoms with Crippen molar-refractivity contribution in [3.8, 4) is 0 Å². The largest absolute Gasteiger partial charge is 0.400 e. The van der Waals surface area contributed by atoms with E-state index in [1.54, 1.807) is 0 Å². The van der Waals surface area contributed by atoms with E-state index < -0.39 is 7.14 Å². The van der Waals surface area contributed by atoms with Gasteiger partial charge in [0, 0.05) is 23.6 Å². The van der Waals surface area contributed by atoms with Crippen molar-refractivity contribution < 1.29 is 5.11 Å². The van der Waals surface area contributed by atoms with Gasteiger partial charge in [-0.25, -0.2) is 7.14 Å². The highest BCUT2D eigenvalue weighted by atomic mass is 31.2. The highest BCUT2D eigenvalue weighted by molar-refractivity contribution is 8.02. The van der Waals surface area contributed by atoms with E-state index in [0.717, 1.165) is 23.3 Å². The molecule has 0 saturated heterocycles. The fourth-order valence-electron chi connectivity index (χ4n) is 6.21. The van der Waals surface area contributed by atoms with E-state index >= 15 is 0 Å². The molecule has 0 atom stereocenters. The summed E-state index contributed by atoms with van der Waals surface area (Å²) < 4.78 is 0. The Hall–Kier alpha value is 0.455. The standard InChI is InChI=1S/C20H38BOP/c22-17-16-21-23(18-10-4-1-5-11-18,19-12-6-2-7-13-19)20-14-8-3-9-15-20/h18-20,22H,1-17H2. The Labute approximate surface area is 145 Å². The lowest BCUT2D eigenvalue weighted by atomic mass is 9.98. The van der Waals surface area contributed by atoms with Crippen molar-refractivity contribution in [2.45, 2.75) is 120 Å². The van der Waals surface area contributed by atoms with Crippen LogP contribution >= 0.6 is 7.14 Å². The molecule has 132 valence electrons. The lowest BCUT2D eigenvalue weighted by Gasteiger charge is -2.58. The molecule has 1 N–H and O–H groups in total. The first-order valence-electron chi connectivity index (χ1n) is 10.7. The van der Waals surface area contributed by atoms with Crippen LogP contribution in [0.3, 0.4) is 0 Å². The molecule has 0 aromatic carbocycles. The van der Waals surface area contributed by atoms with E-state index in [2.05, 4.69) is 7.00 Å². The normalized spacial score (nSPS) is 26.5. The molecule has 23 heavy (non-hydrogen) atoms. The van der Waals surface area contributed by atoms with E-state index in [0.29, 0.717) is 6.61 Å². The Bertz CT molecular complexity index is 285. The SMILES string of the molecule is OCC[B-][P+](C1CCCCC1)(C1CCCCC1)C1CCCCC1. The molecular formula is C20H38BOP. The van der Waals surface area contributed by atoms with Gasteiger partial charge in [0.2, 0.25) is 0 Å². The van der Waals surface area contributed by atoms with Gasteiger partial charge in [-0.3, -0.25) is 0 Å². The van der Waals surface area contributed by atoms with Crippen LogP contribution in [0.1, 0.15) is 96.3 Å². The van der Waals surface area contributed by atoms with Crippen LogP contribution < -0.4 is 0 Å². The van der Waals surface area contributed by atoms with Gasteiger partial charge in [0.15, 0.2) is 0 Å². The van der Waals surface area contributed by atoms with Crippen molar-refractivity contribution in [2.75, 3.05) is 6.61 Å². The molecule has 3 rings (SSSR count). The lowest BCUT2D eigenvalue weighted by Crippen LogP contribution is -2.39. The smallest absolute Gasteiger partial charge is 0.0256 e. The van der Waals surface area contributed by atoms with Crippen molar-refractivity contribution in [2.24, 2.45) is 0 Å². The summed E-state index contributed by atoms with van der Waals surface area (Å²) in [6.45, 7) is 3.18. The van der Waals surface area contributed by atoms with Gasteiger partial charge < -0.3 is 5.11 Å². The van der Waals surface area contributed by atoms with Crippen LogP contribution in [0.2, 0.25) is 6.32 Å². The molecule has 3 heteroatoms. The molecule has 0 aromatic rings. The zero-order chi connectivity index (χ0) is 16.0. The van der Waals surface area contributed by atoms with Crippen LogP contribution in [0.25, 0.3) is 0 Å². The molecule has 0 aromatic heterocycles. The second kappa shape index (κ2) is 9.24. The average Bonchev–Trinajstić information content (AvgIpc) is 2.65. The predicted octanol–water partition coefficient (Wildman–Crippen LogP) is 6.03. The lowest BCUT2D eigenvalue weighted by molar-refractivity contribution is 0.318. The van der Waals surface area contributed by atoms with Gasteiger partial charge in [0.05, 0.1) is 0 Å². The minimum Gasteiger partial charge on any atom is -0.400 e. The maximum atomic E-state index is 9.61. The first-order chi connectivity index (χ1) is 11.4. The molecule has 0 heterocycles. The van der Waals surface area contributed by atoms with E-state index in [1.165, 1.54) is 96.3 Å². The van der Waals surface area contributed by atoms with Gasteiger partial charge in [-0.2, -0.15) is 6.32 Å². The summed E-state index contributed by atoms with van der Waals surface area (Å²) in [5.74, 6) is 0. The molecule has 0 spiro atoms. The van der Waals surface area contributed by atoms with Crippen LogP contribution in [-0.2, 0) is 0 Å². The average molecular weight is 336 g/mol. The van der Waals surface area contributed by atoms with Gasteiger partial charge in [-0.1, -0.05) is 26.3 Å². The van der Waals surface area contributed by atoms with Gasteiger partial charge >= 0.3 is 0 Å². The summed E-state index contributed by atoms with van der Waals surface area (Å²) in [6, 6.07) is 0. The molecule has 1 nitrogen and oxygen atoms in total. The second-order valence-electron chi connectivity index (χ2n) is 8.46. The number of rotatable bonds is 6. The summed E-state index contributed by atoms with van der Waals surface area (Å²) in [4.78, 5) is 0. The highest BCUT2D eigenvalue weighted by Gasteiger charge is 2.47. The highest BCUT2D eigenvalue weighted by Crippen LogP contribution is 2.76. The fourth-order valence-corrected chi connectivity index (χ4v) is 13.2. The van der Waals surface area contributed by atoms with Crippen LogP contribution in [0.15, 0.2) is 0 Å². The monoisotopic (exact) mass is 336 g/mol. The van der Waals surface area contributed by atoms with Gasteiger partial charge in [0.1, 0.15) is 0 Å². The van der Waals surface area contributed by atoms with Crippen LogP contribution in [-0.4, -0.2) is 35.7 Å². The summed E-state index contributed by atoms with van der Waals surface area (Å²) in [5.41, 5.74) is 3.11. The van der Waals surface area contributed by atoms with Crippen molar-refractivity contribution >= 4 is 14.1 Å². The minimum atomic E-state index is -1.02. The first-order valence-corrected chi connectivity index (χ1v) is 12.8. The third-order valence-corrected chi connectivity index (χ3v) is 13.4. The Morgan fingerprint density at radius 3 is 1.26 bits per heavy atom. The van der Waals surface area contributed by atoms with Crippen LogP contribution in [0, 0.1) is 0 Å². The summed E-state index contributed by atoms with van der Waals surface area (Å²) in [6.07, 6.45) is 23.4. The summed E-state index contributed by atoms with van der Waals surface area (Å²) in [7, 11) is -1.02. The molecule has 0 bridgehead atoms. The number of aliphatic hydroxyl groups excluding tert-OH is 1. The maximum absolute atomic E-state index is 9.61. The third kappa shape index (κ3) is 4.17. The first kappa shape index (κ1) is 18.3. The molecule has 3 fully saturated rings. The van der Waals surface area contributed by atoms with Crippen molar-refractivity contribution in [1.29, 1.82) is 0 Å². The fraction of sp³-hybridized carbons (Fsp3) is 1.00. The van der Waals surface area contributed by atoms with E-state index in [1.807, 2.05) is 0 Å². The molecule has 2 radical (unpaired) electrons. The summed E-state index contributed by atoms with van der Waals surface area (Å²) >= 11 is 0. The van der Waals surface area contributed by atoms with Crippen molar-refractivity contribution in [1.82, 2.24) is 0 Å². The van der Waals surface area contributed by atoms with Crippen molar-refractivity contribution in [3.63, 3.8) is 0 Å². The Balaban J connectivity index is 1.88. The molecular weight excluding hydrogens is 298 g/mol. The van der Waals surface area contributed by atoms with Crippen LogP contribution in [0.5, 0.6) is 0 Å². The molecule has 3 saturated carbocycles. The van der Waals surface area contributed by atoms with Crippen LogP contribution in [0.4, 0.5) is 0 Å². The Kier molecular flexibility index (Phi) is 7.33. The van der Waals surface area contributed by atoms with Crippen molar-refractivity contribution in [3.05, 3.63) is 0 Å². The zero-order valence-corrected chi connectivity index (χ0v) is 16.1. The molecule has 3 aliphatic carbocycles. The summed E-state index contributed by atoms with van der Waals surface area (Å²) in [5, 5.41) is 9.61. The Morgan fingerprint density at radius 2 is 0.957 bits per heavy atom. The van der Waals surface area contributed by atoms with E-state index in [9.17, 15) is 5.11 Å². The number of hydrogen-bond donors (Lipinski definition) is 1. The van der Waals surface area contributed by atoms with Gasteiger partial charge in [-0.15, -0.1) is 0 Å². The quantitative estimate of drug-likeness (QED) is 0.464. The molecule has 0 unspecified atom stereocenters. The molecule has 0 aliphatic heterocycles. The number of aliphatic hydroxyl groups is 1. The Morgan fingerprint density at radius 1 is 0.609 bits per heavy atom. The maximum Gasteiger partial charge on any atom is 0.0256 e. The predicted molar refractivity (Wildman–Crippen MR) is 105 cm³/mol. The molecule has 3 aliphatic rings. The topological polar surface area (TPSA) is 20.2 Å². The van der Waals surface area contributed by atoms with Gasteiger partial charge in [-0.05, 0) is 77.0 Å². The van der Waals surface area contributed by atoms with Gasteiger partial charge in [0.25, 0.3) is 0 Å². The minimum absolute atomic E-state index is 0.383.